The van der Waals surface area contributed by atoms with Crippen LogP contribution in [-0.2, 0) is 4.79 Å². The Hall–Kier alpha value is -1.20. The first kappa shape index (κ1) is 11.9. The lowest BCUT2D eigenvalue weighted by atomic mass is 10.3. The Morgan fingerprint density at radius 2 is 2.53 bits per heavy atom. The third-order valence-electron chi connectivity index (χ3n) is 1.81. The molecule has 0 amide bonds. The lowest BCUT2D eigenvalue weighted by Gasteiger charge is -2.07. The van der Waals surface area contributed by atoms with Crippen LogP contribution in [0.1, 0.15) is 22.9 Å². The van der Waals surface area contributed by atoms with E-state index in [9.17, 15) is 4.79 Å². The van der Waals surface area contributed by atoms with E-state index in [2.05, 4.69) is 10.3 Å². The molecule has 2 N–H and O–H groups in total. The Bertz CT molecular complexity index is 360. The molecule has 0 saturated heterocycles. The number of nitrogens with one attached hydrogen (secondary N) is 1. The lowest BCUT2D eigenvalue weighted by molar-refractivity contribution is -0.131. The third-order valence-corrected chi connectivity index (χ3v) is 2.91. The van der Waals surface area contributed by atoms with Gasteiger partial charge in [-0.2, -0.15) is 0 Å². The first-order valence-corrected chi connectivity index (χ1v) is 5.46. The number of aliphatic carboxylic acids is 1. The second-order valence-electron chi connectivity index (χ2n) is 3.18. The summed E-state index contributed by atoms with van der Waals surface area (Å²) in [6, 6.07) is 0.155. The summed E-state index contributed by atoms with van der Waals surface area (Å²) in [5.74, 6) is -0.922. The van der Waals surface area contributed by atoms with Crippen LogP contribution in [0.3, 0.4) is 0 Å². The average molecular weight is 226 g/mol. The topological polar surface area (TPSA) is 62.2 Å². The molecule has 0 bridgehead atoms. The first-order chi connectivity index (χ1) is 7.09. The highest BCUT2D eigenvalue weighted by atomic mass is 32.1. The largest absolute Gasteiger partial charge is 0.478 e. The molecule has 0 aliphatic carbocycles. The molecule has 0 saturated carbocycles. The fraction of sp³-hybridized carbons (Fsp3) is 0.400. The predicted octanol–water partition coefficient (Wildman–Crippen LogP) is 1.74. The van der Waals surface area contributed by atoms with Gasteiger partial charge in [0.2, 0.25) is 0 Å². The summed E-state index contributed by atoms with van der Waals surface area (Å²) in [5.41, 5.74) is 0. The maximum Gasteiger partial charge on any atom is 0.328 e. The number of aromatic nitrogens is 1. The average Bonchev–Trinajstić information content (AvgIpc) is 2.59. The highest BCUT2D eigenvalue weighted by Crippen LogP contribution is 2.18. The van der Waals surface area contributed by atoms with Gasteiger partial charge < -0.3 is 10.4 Å². The lowest BCUT2D eigenvalue weighted by Crippen LogP contribution is -2.18. The first-order valence-electron chi connectivity index (χ1n) is 4.64. The molecule has 0 aliphatic rings. The highest BCUT2D eigenvalue weighted by molar-refractivity contribution is 7.11. The molecule has 0 aromatic carbocycles. The minimum atomic E-state index is -0.922. The van der Waals surface area contributed by atoms with Crippen molar-refractivity contribution < 1.29 is 9.90 Å². The van der Waals surface area contributed by atoms with Gasteiger partial charge in [-0.15, -0.1) is 11.3 Å². The van der Waals surface area contributed by atoms with Gasteiger partial charge >= 0.3 is 5.97 Å². The van der Waals surface area contributed by atoms with Crippen LogP contribution < -0.4 is 5.32 Å². The number of carboxylic acids is 1. The monoisotopic (exact) mass is 226 g/mol. The Morgan fingerprint density at radius 3 is 3.07 bits per heavy atom. The van der Waals surface area contributed by atoms with Crippen molar-refractivity contribution >= 4 is 17.3 Å². The molecule has 0 spiro atoms. The van der Waals surface area contributed by atoms with Crippen LogP contribution in [0.5, 0.6) is 0 Å². The third kappa shape index (κ3) is 4.22. The van der Waals surface area contributed by atoms with E-state index in [1.165, 1.54) is 4.88 Å². The molecular weight excluding hydrogens is 212 g/mol. The molecule has 1 aromatic heterocycles. The molecular formula is C10H14N2O2S. The quantitative estimate of drug-likeness (QED) is 0.751. The summed E-state index contributed by atoms with van der Waals surface area (Å²) in [6.07, 6.45) is 4.55. The molecule has 0 aliphatic heterocycles. The van der Waals surface area contributed by atoms with Crippen molar-refractivity contribution in [2.75, 3.05) is 6.54 Å². The van der Waals surface area contributed by atoms with Crippen LogP contribution in [0.2, 0.25) is 0 Å². The molecule has 4 nitrogen and oxygen atoms in total. The number of thiazole rings is 1. The van der Waals surface area contributed by atoms with E-state index in [-0.39, 0.29) is 6.04 Å². The second-order valence-corrected chi connectivity index (χ2v) is 4.45. The molecule has 82 valence electrons. The van der Waals surface area contributed by atoms with Gasteiger partial charge in [-0.3, -0.25) is 0 Å². The van der Waals surface area contributed by atoms with Gasteiger partial charge in [-0.1, -0.05) is 6.08 Å². The molecule has 15 heavy (non-hydrogen) atoms. The van der Waals surface area contributed by atoms with Gasteiger partial charge in [0.25, 0.3) is 0 Å². The van der Waals surface area contributed by atoms with E-state index in [1.54, 1.807) is 17.4 Å². The van der Waals surface area contributed by atoms with Crippen LogP contribution in [-0.4, -0.2) is 22.6 Å². The number of rotatable bonds is 5. The normalized spacial score (nSPS) is 13.2. The van der Waals surface area contributed by atoms with Gasteiger partial charge in [0.05, 0.1) is 6.04 Å². The summed E-state index contributed by atoms with van der Waals surface area (Å²) < 4.78 is 0. The van der Waals surface area contributed by atoms with E-state index < -0.39 is 5.97 Å². The summed E-state index contributed by atoms with van der Waals surface area (Å²) >= 11 is 1.65. The van der Waals surface area contributed by atoms with Crippen LogP contribution >= 0.6 is 11.3 Å². The standard InChI is InChI=1S/C10H14N2O2S/c1-7-6-12-10(15-7)8(2)11-5-3-4-9(13)14/h3-4,6,8,11H,5H2,1-2H3,(H,13,14)/b4-3+. The van der Waals surface area contributed by atoms with E-state index in [1.807, 2.05) is 20.0 Å². The Labute approximate surface area is 92.7 Å². The van der Waals surface area contributed by atoms with Crippen molar-refractivity contribution in [2.45, 2.75) is 19.9 Å². The van der Waals surface area contributed by atoms with Gasteiger partial charge in [0.15, 0.2) is 0 Å². The maximum absolute atomic E-state index is 10.2. The van der Waals surface area contributed by atoms with Gasteiger partial charge in [0.1, 0.15) is 5.01 Å². The number of aryl methyl sites for hydroxylation is 1. The van der Waals surface area contributed by atoms with Crippen molar-refractivity contribution in [2.24, 2.45) is 0 Å². The maximum atomic E-state index is 10.2. The summed E-state index contributed by atoms with van der Waals surface area (Å²) in [6.45, 7) is 4.55. The molecule has 5 heteroatoms. The van der Waals surface area contributed by atoms with Crippen molar-refractivity contribution in [1.82, 2.24) is 10.3 Å². The summed E-state index contributed by atoms with van der Waals surface area (Å²) in [7, 11) is 0. The van der Waals surface area contributed by atoms with Gasteiger partial charge in [-0.05, 0) is 13.8 Å². The second kappa shape index (κ2) is 5.63. The molecule has 1 heterocycles. The number of carbonyl (C=O) groups is 1. The van der Waals surface area contributed by atoms with E-state index >= 15 is 0 Å². The number of carboxylic acid groups (broad SMARTS) is 1. The SMILES string of the molecule is Cc1cnc(C(C)NC/C=C/C(=O)O)s1. The fourth-order valence-electron chi connectivity index (χ4n) is 1.06. The van der Waals surface area contributed by atoms with Gasteiger partial charge in [0, 0.05) is 23.7 Å². The van der Waals surface area contributed by atoms with Crippen LogP contribution in [0.15, 0.2) is 18.3 Å². The smallest absolute Gasteiger partial charge is 0.328 e. The van der Waals surface area contributed by atoms with Crippen molar-refractivity contribution in [3.63, 3.8) is 0 Å². The molecule has 0 radical (unpaired) electrons. The van der Waals surface area contributed by atoms with Crippen LogP contribution in [0.4, 0.5) is 0 Å². The van der Waals surface area contributed by atoms with Crippen LogP contribution in [0.25, 0.3) is 0 Å². The zero-order chi connectivity index (χ0) is 11.3. The summed E-state index contributed by atoms with van der Waals surface area (Å²) in [4.78, 5) is 15.6. The molecule has 1 aromatic rings. The zero-order valence-corrected chi connectivity index (χ0v) is 9.54. The molecule has 1 unspecified atom stereocenters. The van der Waals surface area contributed by atoms with E-state index in [0.717, 1.165) is 11.1 Å². The van der Waals surface area contributed by atoms with Crippen LogP contribution in [0, 0.1) is 6.92 Å². The molecule has 0 fully saturated rings. The highest BCUT2D eigenvalue weighted by Gasteiger charge is 2.06. The van der Waals surface area contributed by atoms with Crippen molar-refractivity contribution in [3.8, 4) is 0 Å². The Balaban J connectivity index is 2.36. The number of nitrogens with zero attached hydrogens (tertiary/aromatic N) is 1. The Kier molecular flexibility index (Phi) is 4.45. The Morgan fingerprint density at radius 1 is 1.80 bits per heavy atom. The summed E-state index contributed by atoms with van der Waals surface area (Å²) in [5, 5.41) is 12.6. The predicted molar refractivity (Wildman–Crippen MR) is 60.0 cm³/mol. The van der Waals surface area contributed by atoms with E-state index in [4.69, 9.17) is 5.11 Å². The zero-order valence-electron chi connectivity index (χ0n) is 8.73. The molecule has 1 atom stereocenters. The van der Waals surface area contributed by atoms with E-state index in [0.29, 0.717) is 6.54 Å². The minimum absolute atomic E-state index is 0.155. The molecule has 1 rings (SSSR count). The minimum Gasteiger partial charge on any atom is -0.478 e. The number of hydrogen-bond acceptors (Lipinski definition) is 4. The van der Waals surface area contributed by atoms with Crippen molar-refractivity contribution in [3.05, 3.63) is 28.2 Å². The van der Waals surface area contributed by atoms with Crippen molar-refractivity contribution in [1.29, 1.82) is 0 Å². The fourth-order valence-corrected chi connectivity index (χ4v) is 1.87. The number of hydrogen-bond donors (Lipinski definition) is 2. The van der Waals surface area contributed by atoms with Gasteiger partial charge in [-0.25, -0.2) is 9.78 Å².